The average Bonchev–Trinajstić information content (AvgIpc) is 3.31. The number of thiazole rings is 1. The average molecular weight is 559 g/mol. The minimum atomic E-state index is -1.19. The summed E-state index contributed by atoms with van der Waals surface area (Å²) < 4.78 is 10.2. The first-order valence-corrected chi connectivity index (χ1v) is 13.0. The molecule has 2 aromatic heterocycles. The van der Waals surface area contributed by atoms with Crippen molar-refractivity contribution in [3.05, 3.63) is 58.5 Å². The monoisotopic (exact) mass is 558 g/mol. The highest BCUT2D eigenvalue weighted by atomic mass is 32.2. The molecular weight excluding hydrogens is 536 g/mol. The van der Waals surface area contributed by atoms with Crippen LogP contribution in [0.5, 0.6) is 0 Å². The minimum Gasteiger partial charge on any atom is -0.426 e. The molecule has 2 aromatic rings. The summed E-state index contributed by atoms with van der Waals surface area (Å²) in [5, 5.41) is 15.8. The number of esters is 2. The van der Waals surface area contributed by atoms with Gasteiger partial charge in [-0.05, 0) is 17.2 Å². The molecule has 4 heterocycles. The summed E-state index contributed by atoms with van der Waals surface area (Å²) >= 11 is 2.37. The highest BCUT2D eigenvalue weighted by Crippen LogP contribution is 2.41. The lowest BCUT2D eigenvalue weighted by Gasteiger charge is -2.49. The number of pyridine rings is 1. The Balaban J connectivity index is 1.57. The zero-order valence-corrected chi connectivity index (χ0v) is 21.7. The molecule has 0 bridgehead atoms. The number of allylic oxidation sites excluding steroid dienone is 1. The lowest BCUT2D eigenvalue weighted by molar-refractivity contribution is -0.182. The van der Waals surface area contributed by atoms with Crippen LogP contribution in [0.4, 0.5) is 5.13 Å². The second-order valence-corrected chi connectivity index (χ2v) is 9.95. The number of carbonyl (C=O) groups is 4. The fourth-order valence-electron chi connectivity index (χ4n) is 3.71. The van der Waals surface area contributed by atoms with E-state index >= 15 is 0 Å². The van der Waals surface area contributed by atoms with Crippen molar-refractivity contribution >= 4 is 63.8 Å². The van der Waals surface area contributed by atoms with Crippen LogP contribution in [0.1, 0.15) is 25.1 Å². The number of hydrogen-bond donors (Lipinski definition) is 3. The molecule has 1 unspecified atom stereocenters. The van der Waals surface area contributed by atoms with Crippen molar-refractivity contribution in [2.24, 2.45) is 5.16 Å². The summed E-state index contributed by atoms with van der Waals surface area (Å²) in [6.07, 6.45) is 5.48. The Morgan fingerprint density at radius 1 is 1.34 bits per heavy atom. The van der Waals surface area contributed by atoms with E-state index in [4.69, 9.17) is 15.2 Å². The van der Waals surface area contributed by atoms with E-state index in [1.165, 1.54) is 35.9 Å². The number of thioether (sulfide) groups is 1. The standard InChI is InChI=1S/C23H22N6O7S2/c1-11(30)35-12(2)36-22(33)18-14(6-5-13-4-3-7-25-8-13)9-37-21-17(20(32)29(18)21)27-19(31)16(28-34)15-10-38-23(24)26-15/h3-8,10,12,17,21,34H,9H2,1-2H3,(H2,24,26)(H,27,31)/b6-5-,28-16?/t12?,17-,21+/m1/s1. The van der Waals surface area contributed by atoms with Crippen LogP contribution in [0, 0.1) is 0 Å². The number of nitrogens with two attached hydrogens (primary N) is 1. The predicted molar refractivity (Wildman–Crippen MR) is 137 cm³/mol. The Hall–Kier alpha value is -4.24. The molecule has 4 N–H and O–H groups in total. The SMILES string of the molecule is CC(=O)OC(C)OC(=O)C1=C(/C=C\c2cccnc2)CS[C@H]2[C@H](NC(=O)C(=NO)c3csc(N)n3)C(=O)N12. The van der Waals surface area contributed by atoms with E-state index < -0.39 is 47.2 Å². The lowest BCUT2D eigenvalue weighted by Crippen LogP contribution is -2.71. The van der Waals surface area contributed by atoms with Crippen molar-refractivity contribution in [2.45, 2.75) is 31.6 Å². The van der Waals surface area contributed by atoms with Gasteiger partial charge in [-0.15, -0.1) is 23.1 Å². The molecule has 13 nitrogen and oxygen atoms in total. The smallest absolute Gasteiger partial charge is 0.358 e. The zero-order chi connectivity index (χ0) is 27.4. The van der Waals surface area contributed by atoms with E-state index in [-0.39, 0.29) is 16.5 Å². The normalized spacial score (nSPS) is 20.0. The van der Waals surface area contributed by atoms with Gasteiger partial charge in [0.15, 0.2) is 10.8 Å². The number of ether oxygens (including phenoxy) is 2. The first kappa shape index (κ1) is 26.8. The van der Waals surface area contributed by atoms with E-state index in [9.17, 15) is 24.4 Å². The summed E-state index contributed by atoms with van der Waals surface area (Å²) in [7, 11) is 0. The number of aromatic nitrogens is 2. The number of anilines is 1. The van der Waals surface area contributed by atoms with Crippen molar-refractivity contribution in [1.29, 1.82) is 0 Å². The minimum absolute atomic E-state index is 0.0354. The number of nitrogens with one attached hydrogen (secondary N) is 1. The van der Waals surface area contributed by atoms with E-state index in [1.807, 2.05) is 6.07 Å². The van der Waals surface area contributed by atoms with Gasteiger partial charge in [-0.3, -0.25) is 24.3 Å². The molecule has 1 saturated heterocycles. The highest BCUT2D eigenvalue weighted by molar-refractivity contribution is 8.00. The number of fused-ring (bicyclic) bond motifs is 1. The highest BCUT2D eigenvalue weighted by Gasteiger charge is 2.54. The molecule has 1 fully saturated rings. The van der Waals surface area contributed by atoms with E-state index in [1.54, 1.807) is 30.6 Å². The first-order chi connectivity index (χ1) is 18.2. The fourth-order valence-corrected chi connectivity index (χ4v) is 5.58. The summed E-state index contributed by atoms with van der Waals surface area (Å²) in [6, 6.07) is 2.56. The van der Waals surface area contributed by atoms with Gasteiger partial charge in [0.1, 0.15) is 22.8 Å². The summed E-state index contributed by atoms with van der Waals surface area (Å²) in [6.45, 7) is 2.55. The summed E-state index contributed by atoms with van der Waals surface area (Å²) in [5.74, 6) is -2.63. The number of oxime groups is 1. The quantitative estimate of drug-likeness (QED) is 0.105. The molecule has 15 heteroatoms. The van der Waals surface area contributed by atoms with E-state index in [0.29, 0.717) is 11.3 Å². The molecule has 3 atom stereocenters. The molecule has 2 aliphatic heterocycles. The van der Waals surface area contributed by atoms with Gasteiger partial charge in [0.05, 0.1) is 0 Å². The maximum absolute atomic E-state index is 13.2. The van der Waals surface area contributed by atoms with Crippen LogP contribution in [0.25, 0.3) is 6.08 Å². The molecular formula is C23H22N6O7S2. The van der Waals surface area contributed by atoms with Crippen LogP contribution in [-0.2, 0) is 28.7 Å². The largest absolute Gasteiger partial charge is 0.426 e. The Kier molecular flexibility index (Phi) is 8.07. The van der Waals surface area contributed by atoms with Crippen molar-refractivity contribution in [3.8, 4) is 0 Å². The number of carbonyl (C=O) groups excluding carboxylic acids is 4. The van der Waals surface area contributed by atoms with Gasteiger partial charge in [-0.1, -0.05) is 23.4 Å². The summed E-state index contributed by atoms with van der Waals surface area (Å²) in [5.41, 5.74) is 6.46. The fraction of sp³-hybridized carbons (Fsp3) is 0.261. The molecule has 2 amide bonds. The number of amides is 2. The molecule has 198 valence electrons. The maximum Gasteiger partial charge on any atom is 0.358 e. The van der Waals surface area contributed by atoms with Crippen molar-refractivity contribution in [2.75, 3.05) is 11.5 Å². The van der Waals surface area contributed by atoms with Crippen LogP contribution >= 0.6 is 23.1 Å². The maximum atomic E-state index is 13.2. The number of rotatable bonds is 8. The third kappa shape index (κ3) is 5.68. The molecule has 0 saturated carbocycles. The Labute approximate surface area is 224 Å². The predicted octanol–water partition coefficient (Wildman–Crippen LogP) is 1.12. The third-order valence-corrected chi connectivity index (χ3v) is 7.30. The van der Waals surface area contributed by atoms with Gasteiger partial charge in [0.2, 0.25) is 6.29 Å². The van der Waals surface area contributed by atoms with Gasteiger partial charge in [-0.2, -0.15) is 0 Å². The van der Waals surface area contributed by atoms with Crippen LogP contribution in [0.15, 0.2) is 52.4 Å². The van der Waals surface area contributed by atoms with Crippen LogP contribution in [-0.4, -0.2) is 73.0 Å². The number of nitrogens with zero attached hydrogens (tertiary/aromatic N) is 4. The van der Waals surface area contributed by atoms with Crippen LogP contribution < -0.4 is 11.1 Å². The number of hydrogen-bond acceptors (Lipinski definition) is 13. The molecule has 38 heavy (non-hydrogen) atoms. The molecule has 0 aliphatic carbocycles. The van der Waals surface area contributed by atoms with E-state index in [2.05, 4.69) is 20.4 Å². The van der Waals surface area contributed by atoms with Crippen molar-refractivity contribution in [3.63, 3.8) is 0 Å². The molecule has 0 radical (unpaired) electrons. The third-order valence-electron chi connectivity index (χ3n) is 5.32. The van der Waals surface area contributed by atoms with Gasteiger partial charge >= 0.3 is 11.9 Å². The zero-order valence-electron chi connectivity index (χ0n) is 20.1. The number of β-lactam (4-membered cyclic amide) rings is 1. The second-order valence-electron chi connectivity index (χ2n) is 7.96. The van der Waals surface area contributed by atoms with E-state index in [0.717, 1.165) is 16.9 Å². The molecule has 2 aliphatic rings. The Morgan fingerprint density at radius 3 is 2.76 bits per heavy atom. The van der Waals surface area contributed by atoms with Crippen molar-refractivity contribution in [1.82, 2.24) is 20.2 Å². The van der Waals surface area contributed by atoms with Gasteiger partial charge in [-0.25, -0.2) is 9.78 Å². The molecule has 0 spiro atoms. The molecule has 0 aromatic carbocycles. The second kappa shape index (κ2) is 11.4. The Bertz CT molecular complexity index is 1360. The molecule has 4 rings (SSSR count). The number of nitrogen functional groups attached to an aromatic ring is 1. The Morgan fingerprint density at radius 2 is 2.13 bits per heavy atom. The van der Waals surface area contributed by atoms with Gasteiger partial charge in [0.25, 0.3) is 11.8 Å². The topological polar surface area (TPSA) is 186 Å². The van der Waals surface area contributed by atoms with Crippen LogP contribution in [0.2, 0.25) is 0 Å². The first-order valence-electron chi connectivity index (χ1n) is 11.1. The lowest BCUT2D eigenvalue weighted by atomic mass is 10.0. The van der Waals surface area contributed by atoms with Crippen molar-refractivity contribution < 1.29 is 33.9 Å². The summed E-state index contributed by atoms with van der Waals surface area (Å²) in [4.78, 5) is 59.5. The van der Waals surface area contributed by atoms with Gasteiger partial charge < -0.3 is 25.7 Å². The van der Waals surface area contributed by atoms with Gasteiger partial charge in [0, 0.05) is 37.4 Å². The van der Waals surface area contributed by atoms with Crippen LogP contribution in [0.3, 0.4) is 0 Å².